The van der Waals surface area contributed by atoms with Crippen molar-refractivity contribution in [1.29, 1.82) is 0 Å². The molecule has 0 bridgehead atoms. The molecule has 1 aliphatic rings. The van der Waals surface area contributed by atoms with E-state index < -0.39 is 0 Å². The molecule has 1 heterocycles. The molecular weight excluding hydrogens is 242 g/mol. The molecule has 5 heteroatoms. The highest BCUT2D eigenvalue weighted by Gasteiger charge is 2.24. The molecule has 2 unspecified atom stereocenters. The van der Waals surface area contributed by atoms with Crippen LogP contribution in [0.15, 0.2) is 6.33 Å². The summed E-state index contributed by atoms with van der Waals surface area (Å²) < 4.78 is 11.4. The van der Waals surface area contributed by atoms with Crippen LogP contribution in [0.4, 0.5) is 5.69 Å². The van der Waals surface area contributed by atoms with Crippen molar-refractivity contribution in [3.63, 3.8) is 0 Å². The van der Waals surface area contributed by atoms with E-state index in [1.807, 2.05) is 6.92 Å². The Labute approximate surface area is 114 Å². The topological polar surface area (TPSA) is 70.3 Å². The number of ether oxygens (including phenoxy) is 2. The van der Waals surface area contributed by atoms with Gasteiger partial charge in [-0.1, -0.05) is 20.3 Å². The van der Waals surface area contributed by atoms with Crippen LogP contribution in [0.1, 0.15) is 46.0 Å². The Morgan fingerprint density at radius 2 is 2.00 bits per heavy atom. The highest BCUT2D eigenvalue weighted by atomic mass is 16.5. The minimum atomic E-state index is 0.199. The summed E-state index contributed by atoms with van der Waals surface area (Å²) in [6, 6.07) is 0. The smallest absolute Gasteiger partial charge is 0.244 e. The Hall–Kier alpha value is -1.52. The standard InChI is InChI=1S/C14H23N3O2/c1-3-8-18-13-12(15)14(17-9-16-13)19-11-7-5-4-6-10(11)2/h9-11H,3-8,15H2,1-2H3. The molecule has 2 N–H and O–H groups in total. The van der Waals surface area contributed by atoms with Crippen LogP contribution in [0.2, 0.25) is 0 Å². The predicted molar refractivity (Wildman–Crippen MR) is 74.3 cm³/mol. The van der Waals surface area contributed by atoms with Gasteiger partial charge < -0.3 is 15.2 Å². The molecule has 1 aliphatic carbocycles. The largest absolute Gasteiger partial charge is 0.476 e. The van der Waals surface area contributed by atoms with Crippen LogP contribution >= 0.6 is 0 Å². The summed E-state index contributed by atoms with van der Waals surface area (Å²) in [5, 5.41) is 0. The monoisotopic (exact) mass is 265 g/mol. The summed E-state index contributed by atoms with van der Waals surface area (Å²) in [6.07, 6.45) is 7.32. The molecule has 0 radical (unpaired) electrons. The number of aromatic nitrogens is 2. The zero-order valence-corrected chi connectivity index (χ0v) is 11.8. The minimum Gasteiger partial charge on any atom is -0.476 e. The first-order chi connectivity index (χ1) is 9.22. The van der Waals surface area contributed by atoms with Gasteiger partial charge in [0.05, 0.1) is 6.61 Å². The molecule has 1 fully saturated rings. The van der Waals surface area contributed by atoms with E-state index in [4.69, 9.17) is 15.2 Å². The Kier molecular flexibility index (Phi) is 4.82. The molecule has 19 heavy (non-hydrogen) atoms. The molecule has 5 nitrogen and oxygen atoms in total. The molecule has 1 saturated carbocycles. The van der Waals surface area contributed by atoms with Crippen LogP contribution in [-0.4, -0.2) is 22.7 Å². The van der Waals surface area contributed by atoms with E-state index in [1.165, 1.54) is 25.6 Å². The summed E-state index contributed by atoms with van der Waals surface area (Å²) in [5.41, 5.74) is 6.42. The second kappa shape index (κ2) is 6.59. The lowest BCUT2D eigenvalue weighted by Crippen LogP contribution is -2.29. The van der Waals surface area contributed by atoms with Gasteiger partial charge in [0, 0.05) is 0 Å². The number of nitrogen functional groups attached to an aromatic ring is 1. The Morgan fingerprint density at radius 3 is 2.74 bits per heavy atom. The van der Waals surface area contributed by atoms with Crippen LogP contribution in [-0.2, 0) is 0 Å². The SMILES string of the molecule is CCCOc1ncnc(OC2CCCCC2C)c1N. The lowest BCUT2D eigenvalue weighted by atomic mass is 9.88. The average molecular weight is 265 g/mol. The summed E-state index contributed by atoms with van der Waals surface area (Å²) in [7, 11) is 0. The van der Waals surface area contributed by atoms with E-state index in [2.05, 4.69) is 16.9 Å². The first kappa shape index (κ1) is 13.9. The molecule has 0 aliphatic heterocycles. The minimum absolute atomic E-state index is 0.199. The van der Waals surface area contributed by atoms with Crippen molar-refractivity contribution in [2.75, 3.05) is 12.3 Å². The van der Waals surface area contributed by atoms with E-state index >= 15 is 0 Å². The Morgan fingerprint density at radius 1 is 1.26 bits per heavy atom. The van der Waals surface area contributed by atoms with E-state index in [-0.39, 0.29) is 6.10 Å². The first-order valence-electron chi connectivity index (χ1n) is 7.12. The fourth-order valence-electron chi connectivity index (χ4n) is 2.37. The van der Waals surface area contributed by atoms with Gasteiger partial charge in [-0.15, -0.1) is 0 Å². The molecule has 0 saturated heterocycles. The molecule has 2 atom stereocenters. The van der Waals surface area contributed by atoms with Gasteiger partial charge in [0.1, 0.15) is 12.4 Å². The highest BCUT2D eigenvalue weighted by molar-refractivity contribution is 5.55. The number of nitrogens with two attached hydrogens (primary N) is 1. The van der Waals surface area contributed by atoms with Gasteiger partial charge >= 0.3 is 0 Å². The lowest BCUT2D eigenvalue weighted by molar-refractivity contribution is 0.0978. The van der Waals surface area contributed by atoms with Crippen LogP contribution in [0.25, 0.3) is 0 Å². The van der Waals surface area contributed by atoms with Crippen molar-refractivity contribution in [2.24, 2.45) is 5.92 Å². The van der Waals surface area contributed by atoms with Gasteiger partial charge in [0.2, 0.25) is 11.8 Å². The fourth-order valence-corrected chi connectivity index (χ4v) is 2.37. The molecule has 106 valence electrons. The van der Waals surface area contributed by atoms with Crippen LogP contribution in [0.3, 0.4) is 0 Å². The van der Waals surface area contributed by atoms with Gasteiger partial charge in [0.25, 0.3) is 0 Å². The fraction of sp³-hybridized carbons (Fsp3) is 0.714. The van der Waals surface area contributed by atoms with Crippen LogP contribution < -0.4 is 15.2 Å². The van der Waals surface area contributed by atoms with E-state index in [0.29, 0.717) is 30.0 Å². The first-order valence-corrected chi connectivity index (χ1v) is 7.12. The Bertz CT molecular complexity index is 412. The lowest BCUT2D eigenvalue weighted by Gasteiger charge is -2.29. The summed E-state index contributed by atoms with van der Waals surface area (Å²) >= 11 is 0. The van der Waals surface area contributed by atoms with Crippen LogP contribution in [0, 0.1) is 5.92 Å². The molecule has 2 rings (SSSR count). The van der Waals surface area contributed by atoms with Gasteiger partial charge in [-0.25, -0.2) is 0 Å². The number of hydrogen-bond donors (Lipinski definition) is 1. The van der Waals surface area contributed by atoms with Crippen LogP contribution in [0.5, 0.6) is 11.8 Å². The van der Waals surface area contributed by atoms with Crippen molar-refractivity contribution >= 4 is 5.69 Å². The number of rotatable bonds is 5. The summed E-state index contributed by atoms with van der Waals surface area (Å²) in [6.45, 7) is 4.86. The van der Waals surface area contributed by atoms with Crippen molar-refractivity contribution in [1.82, 2.24) is 9.97 Å². The molecule has 0 spiro atoms. The summed E-state index contributed by atoms with van der Waals surface area (Å²) in [5.74, 6) is 1.43. The summed E-state index contributed by atoms with van der Waals surface area (Å²) in [4.78, 5) is 8.19. The maximum atomic E-state index is 6.01. The number of anilines is 1. The molecular formula is C14H23N3O2. The second-order valence-corrected chi connectivity index (χ2v) is 5.16. The quantitative estimate of drug-likeness (QED) is 0.886. The molecule has 1 aromatic heterocycles. The predicted octanol–water partition coefficient (Wildman–Crippen LogP) is 2.81. The van der Waals surface area contributed by atoms with E-state index in [0.717, 1.165) is 12.8 Å². The normalized spacial score (nSPS) is 23.1. The molecule has 1 aromatic rings. The zero-order valence-electron chi connectivity index (χ0n) is 11.8. The van der Waals surface area contributed by atoms with Gasteiger partial charge in [-0.2, -0.15) is 9.97 Å². The van der Waals surface area contributed by atoms with Crippen molar-refractivity contribution < 1.29 is 9.47 Å². The van der Waals surface area contributed by atoms with Gasteiger partial charge in [-0.05, 0) is 31.6 Å². The maximum Gasteiger partial charge on any atom is 0.244 e. The highest BCUT2D eigenvalue weighted by Crippen LogP contribution is 2.32. The molecule has 0 amide bonds. The van der Waals surface area contributed by atoms with Gasteiger partial charge in [-0.3, -0.25) is 0 Å². The van der Waals surface area contributed by atoms with Gasteiger partial charge in [0.15, 0.2) is 5.69 Å². The maximum absolute atomic E-state index is 6.01. The number of hydrogen-bond acceptors (Lipinski definition) is 5. The Balaban J connectivity index is 2.07. The third-order valence-electron chi connectivity index (χ3n) is 3.55. The zero-order chi connectivity index (χ0) is 13.7. The third-order valence-corrected chi connectivity index (χ3v) is 3.55. The van der Waals surface area contributed by atoms with Crippen molar-refractivity contribution in [3.05, 3.63) is 6.33 Å². The average Bonchev–Trinajstić information content (AvgIpc) is 2.42. The van der Waals surface area contributed by atoms with E-state index in [9.17, 15) is 0 Å². The van der Waals surface area contributed by atoms with Crippen molar-refractivity contribution in [2.45, 2.75) is 52.1 Å². The van der Waals surface area contributed by atoms with E-state index in [1.54, 1.807) is 0 Å². The second-order valence-electron chi connectivity index (χ2n) is 5.16. The third kappa shape index (κ3) is 3.49. The number of nitrogens with zero attached hydrogens (tertiary/aromatic N) is 2. The van der Waals surface area contributed by atoms with Crippen molar-refractivity contribution in [3.8, 4) is 11.8 Å². The molecule has 0 aromatic carbocycles.